The highest BCUT2D eigenvalue weighted by atomic mass is 19.1. The zero-order valence-corrected chi connectivity index (χ0v) is 14.7. The third kappa shape index (κ3) is 4.78. The number of aromatic amines is 1. The van der Waals surface area contributed by atoms with Gasteiger partial charge in [0.1, 0.15) is 5.82 Å². The van der Waals surface area contributed by atoms with Crippen LogP contribution in [0, 0.1) is 17.1 Å². The first-order valence-electron chi connectivity index (χ1n) is 8.62. The number of benzene rings is 2. The molecule has 132 valence electrons. The van der Waals surface area contributed by atoms with Crippen LogP contribution in [0.5, 0.6) is 0 Å². The first-order valence-corrected chi connectivity index (χ1v) is 8.62. The Morgan fingerprint density at radius 2 is 1.85 bits per heavy atom. The largest absolute Gasteiger partial charge is 0.302 e. The van der Waals surface area contributed by atoms with Crippen molar-refractivity contribution in [1.29, 1.82) is 5.26 Å². The third-order valence-corrected chi connectivity index (χ3v) is 4.29. The quantitative estimate of drug-likeness (QED) is 0.698. The lowest BCUT2D eigenvalue weighted by atomic mass is 10.1. The Labute approximate surface area is 152 Å². The first kappa shape index (κ1) is 17.8. The van der Waals surface area contributed by atoms with Gasteiger partial charge in [-0.05, 0) is 74.5 Å². The van der Waals surface area contributed by atoms with Crippen molar-refractivity contribution in [2.45, 2.75) is 19.4 Å². The van der Waals surface area contributed by atoms with Crippen LogP contribution in [0.15, 0.2) is 54.6 Å². The topological polar surface area (TPSA) is 55.7 Å². The van der Waals surface area contributed by atoms with Crippen LogP contribution in [0.25, 0.3) is 11.3 Å². The number of aryl methyl sites for hydroxylation is 1. The Morgan fingerprint density at radius 3 is 2.54 bits per heavy atom. The smallest absolute Gasteiger partial charge is 0.123 e. The highest BCUT2D eigenvalue weighted by Gasteiger charge is 2.06. The van der Waals surface area contributed by atoms with E-state index < -0.39 is 0 Å². The van der Waals surface area contributed by atoms with Gasteiger partial charge in [-0.1, -0.05) is 12.1 Å². The van der Waals surface area contributed by atoms with E-state index in [4.69, 9.17) is 5.26 Å². The van der Waals surface area contributed by atoms with Crippen LogP contribution in [-0.4, -0.2) is 28.7 Å². The van der Waals surface area contributed by atoms with Crippen LogP contribution in [0.4, 0.5) is 4.39 Å². The molecule has 0 aliphatic rings. The van der Waals surface area contributed by atoms with E-state index in [0.29, 0.717) is 5.56 Å². The molecule has 1 heterocycles. The molecule has 26 heavy (non-hydrogen) atoms. The van der Waals surface area contributed by atoms with Crippen molar-refractivity contribution in [1.82, 2.24) is 15.1 Å². The molecule has 0 bridgehead atoms. The molecule has 0 fully saturated rings. The number of nitrogens with zero attached hydrogens (tertiary/aromatic N) is 3. The van der Waals surface area contributed by atoms with Gasteiger partial charge in [0.05, 0.1) is 17.3 Å². The Bertz CT molecular complexity index is 876. The van der Waals surface area contributed by atoms with Crippen molar-refractivity contribution in [3.8, 4) is 17.3 Å². The molecule has 3 aromatic rings. The van der Waals surface area contributed by atoms with Gasteiger partial charge in [0.2, 0.25) is 0 Å². The molecular formula is C21H21FN4. The summed E-state index contributed by atoms with van der Waals surface area (Å²) in [6.07, 6.45) is 1.92. The summed E-state index contributed by atoms with van der Waals surface area (Å²) < 4.78 is 13.0. The fourth-order valence-electron chi connectivity index (χ4n) is 2.87. The van der Waals surface area contributed by atoms with Gasteiger partial charge < -0.3 is 4.90 Å². The molecule has 0 saturated carbocycles. The van der Waals surface area contributed by atoms with Crippen molar-refractivity contribution in [2.24, 2.45) is 0 Å². The molecule has 0 saturated heterocycles. The molecule has 0 unspecified atom stereocenters. The maximum absolute atomic E-state index is 13.0. The second-order valence-corrected chi connectivity index (χ2v) is 6.44. The second-order valence-electron chi connectivity index (χ2n) is 6.44. The normalized spacial score (nSPS) is 10.8. The monoisotopic (exact) mass is 348 g/mol. The van der Waals surface area contributed by atoms with E-state index in [0.717, 1.165) is 42.9 Å². The number of H-pyrrole nitrogens is 1. The maximum atomic E-state index is 13.0. The minimum Gasteiger partial charge on any atom is -0.302 e. The molecule has 0 radical (unpaired) electrons. The molecule has 1 N–H and O–H groups in total. The predicted octanol–water partition coefficient (Wildman–Crippen LogP) is 4.15. The van der Waals surface area contributed by atoms with Gasteiger partial charge in [0.25, 0.3) is 0 Å². The maximum Gasteiger partial charge on any atom is 0.123 e. The Kier molecular flexibility index (Phi) is 5.77. The zero-order chi connectivity index (χ0) is 18.4. The fraction of sp³-hybridized carbons (Fsp3) is 0.238. The third-order valence-electron chi connectivity index (χ3n) is 4.29. The number of hydrogen-bond donors (Lipinski definition) is 1. The molecular weight excluding hydrogens is 327 g/mol. The summed E-state index contributed by atoms with van der Waals surface area (Å²) in [5.74, 6) is -0.241. The lowest BCUT2D eigenvalue weighted by Crippen LogP contribution is -2.19. The van der Waals surface area contributed by atoms with Crippen LogP contribution in [0.1, 0.15) is 23.2 Å². The summed E-state index contributed by atoms with van der Waals surface area (Å²) in [5, 5.41) is 16.2. The minimum atomic E-state index is -0.241. The van der Waals surface area contributed by atoms with E-state index in [-0.39, 0.29) is 5.82 Å². The average molecular weight is 348 g/mol. The standard InChI is InChI=1S/C21H21FN4/c1-26(15-17-6-4-16(14-23)5-7-17)12-2-3-20-13-21(25-24-20)18-8-10-19(22)11-9-18/h4-11,13H,2-3,12,15H2,1H3,(H,24,25). The average Bonchev–Trinajstić information content (AvgIpc) is 3.12. The summed E-state index contributed by atoms with van der Waals surface area (Å²) in [6, 6.07) is 18.2. The number of nitriles is 1. The predicted molar refractivity (Wildman–Crippen MR) is 99.8 cm³/mol. The number of halogens is 1. The van der Waals surface area contributed by atoms with Crippen LogP contribution in [-0.2, 0) is 13.0 Å². The Morgan fingerprint density at radius 1 is 1.12 bits per heavy atom. The van der Waals surface area contributed by atoms with E-state index >= 15 is 0 Å². The molecule has 3 rings (SSSR count). The number of nitrogens with one attached hydrogen (secondary N) is 1. The number of aromatic nitrogens is 2. The van der Waals surface area contributed by atoms with Gasteiger partial charge in [-0.15, -0.1) is 0 Å². The van der Waals surface area contributed by atoms with E-state index in [9.17, 15) is 4.39 Å². The summed E-state index contributed by atoms with van der Waals surface area (Å²) in [4.78, 5) is 2.26. The van der Waals surface area contributed by atoms with Crippen LogP contribution >= 0.6 is 0 Å². The molecule has 5 heteroatoms. The van der Waals surface area contributed by atoms with E-state index in [1.54, 1.807) is 12.1 Å². The van der Waals surface area contributed by atoms with Gasteiger partial charge in [-0.25, -0.2) is 4.39 Å². The van der Waals surface area contributed by atoms with Crippen molar-refractivity contribution in [2.75, 3.05) is 13.6 Å². The number of hydrogen-bond acceptors (Lipinski definition) is 3. The minimum absolute atomic E-state index is 0.241. The molecule has 0 spiro atoms. The van der Waals surface area contributed by atoms with E-state index in [1.165, 1.54) is 17.7 Å². The van der Waals surface area contributed by atoms with Crippen molar-refractivity contribution in [3.63, 3.8) is 0 Å². The van der Waals surface area contributed by atoms with Crippen LogP contribution in [0.2, 0.25) is 0 Å². The zero-order valence-electron chi connectivity index (χ0n) is 14.7. The Balaban J connectivity index is 1.47. The molecule has 0 atom stereocenters. The molecule has 0 aliphatic carbocycles. The van der Waals surface area contributed by atoms with Gasteiger partial charge in [0.15, 0.2) is 0 Å². The molecule has 2 aromatic carbocycles. The SMILES string of the molecule is CN(CCCc1cc(-c2ccc(F)cc2)n[nH]1)Cc1ccc(C#N)cc1. The van der Waals surface area contributed by atoms with Gasteiger partial charge >= 0.3 is 0 Å². The molecule has 1 aromatic heterocycles. The summed E-state index contributed by atoms with van der Waals surface area (Å²) in [6.45, 7) is 1.82. The van der Waals surface area contributed by atoms with Crippen LogP contribution < -0.4 is 0 Å². The molecule has 0 aliphatic heterocycles. The van der Waals surface area contributed by atoms with Crippen LogP contribution in [0.3, 0.4) is 0 Å². The highest BCUT2D eigenvalue weighted by Crippen LogP contribution is 2.18. The second kappa shape index (κ2) is 8.41. The van der Waals surface area contributed by atoms with Crippen molar-refractivity contribution >= 4 is 0 Å². The van der Waals surface area contributed by atoms with Gasteiger partial charge in [0, 0.05) is 17.8 Å². The number of rotatable bonds is 7. The van der Waals surface area contributed by atoms with Gasteiger partial charge in [-0.3, -0.25) is 5.10 Å². The summed E-state index contributed by atoms with van der Waals surface area (Å²) in [7, 11) is 2.09. The fourth-order valence-corrected chi connectivity index (χ4v) is 2.87. The Hall–Kier alpha value is -2.97. The lowest BCUT2D eigenvalue weighted by Gasteiger charge is -2.16. The molecule has 0 amide bonds. The first-order chi connectivity index (χ1) is 12.6. The molecule has 4 nitrogen and oxygen atoms in total. The van der Waals surface area contributed by atoms with Gasteiger partial charge in [-0.2, -0.15) is 10.4 Å². The van der Waals surface area contributed by atoms with E-state index in [2.05, 4.69) is 28.2 Å². The highest BCUT2D eigenvalue weighted by molar-refractivity contribution is 5.58. The van der Waals surface area contributed by atoms with E-state index in [1.807, 2.05) is 30.3 Å². The summed E-state index contributed by atoms with van der Waals surface area (Å²) >= 11 is 0. The van der Waals surface area contributed by atoms with Crippen molar-refractivity contribution < 1.29 is 4.39 Å². The summed E-state index contributed by atoms with van der Waals surface area (Å²) in [5.41, 5.74) is 4.72. The lowest BCUT2D eigenvalue weighted by molar-refractivity contribution is 0.322. The van der Waals surface area contributed by atoms with Crippen molar-refractivity contribution in [3.05, 3.63) is 77.2 Å².